The number of hydrogen-bond donors (Lipinski definition) is 0. The average molecular weight is 866 g/mol. The zero-order chi connectivity index (χ0) is 53.6. The van der Waals surface area contributed by atoms with E-state index in [0.717, 1.165) is 50.0 Å². The van der Waals surface area contributed by atoms with Crippen molar-refractivity contribution in [3.05, 3.63) is 218 Å². The summed E-state index contributed by atoms with van der Waals surface area (Å²) in [7, 11) is 3.83. The highest BCUT2D eigenvalue weighted by atomic mass is 16.5. The summed E-state index contributed by atoms with van der Waals surface area (Å²) in [6.07, 6.45) is 5.35. The van der Waals surface area contributed by atoms with Crippen molar-refractivity contribution in [2.45, 2.75) is 26.2 Å². The number of para-hydroxylation sites is 1. The molecular formula is C60H49N5O. The molecule has 3 aromatic heterocycles. The van der Waals surface area contributed by atoms with Crippen LogP contribution in [0.3, 0.4) is 0 Å². The van der Waals surface area contributed by atoms with E-state index >= 15 is 0 Å². The van der Waals surface area contributed by atoms with Gasteiger partial charge in [-0.2, -0.15) is 0 Å². The van der Waals surface area contributed by atoms with E-state index in [9.17, 15) is 0 Å². The molecule has 11 rings (SSSR count). The van der Waals surface area contributed by atoms with Crippen molar-refractivity contribution in [3.8, 4) is 62.1 Å². The van der Waals surface area contributed by atoms with Crippen molar-refractivity contribution in [1.29, 1.82) is 0 Å². The van der Waals surface area contributed by atoms with Crippen LogP contribution in [0.2, 0.25) is 0 Å². The first-order valence-corrected chi connectivity index (χ1v) is 21.7. The molecule has 320 valence electrons. The van der Waals surface area contributed by atoms with E-state index in [0.29, 0.717) is 28.2 Å². The maximum atomic E-state index is 9.10. The van der Waals surface area contributed by atoms with Crippen LogP contribution in [0, 0.1) is 6.33 Å². The predicted octanol–water partition coefficient (Wildman–Crippen LogP) is 14.4. The molecule has 0 aliphatic rings. The van der Waals surface area contributed by atoms with Gasteiger partial charge < -0.3 is 9.64 Å². The van der Waals surface area contributed by atoms with Gasteiger partial charge in [0.2, 0.25) is 0 Å². The smallest absolute Gasteiger partial charge is 0.269 e. The van der Waals surface area contributed by atoms with Gasteiger partial charge in [0.25, 0.3) is 6.33 Å². The fourth-order valence-corrected chi connectivity index (χ4v) is 8.64. The van der Waals surface area contributed by atoms with Gasteiger partial charge in [0.15, 0.2) is 0 Å². The first-order chi connectivity index (χ1) is 36.3. The van der Waals surface area contributed by atoms with E-state index in [1.807, 2.05) is 103 Å². The van der Waals surface area contributed by atoms with E-state index in [1.54, 1.807) is 22.8 Å². The summed E-state index contributed by atoms with van der Waals surface area (Å²) < 4.78 is 100. The molecule has 0 radical (unpaired) electrons. The molecule has 11 aromatic rings. The van der Waals surface area contributed by atoms with Crippen LogP contribution < -0.4 is 14.2 Å². The molecule has 0 atom stereocenters. The largest absolute Gasteiger partial charge is 0.458 e. The minimum absolute atomic E-state index is 0.119. The zero-order valence-corrected chi connectivity index (χ0v) is 37.0. The molecule has 0 fully saturated rings. The van der Waals surface area contributed by atoms with Crippen LogP contribution in [-0.2, 0) is 5.41 Å². The van der Waals surface area contributed by atoms with Gasteiger partial charge >= 0.3 is 0 Å². The second kappa shape index (κ2) is 16.4. The highest BCUT2D eigenvalue weighted by molar-refractivity contribution is 6.10. The third-order valence-corrected chi connectivity index (χ3v) is 12.0. The Hall–Kier alpha value is -8.22. The number of ether oxygens (including phenoxy) is 1. The van der Waals surface area contributed by atoms with Crippen LogP contribution in [0.1, 0.15) is 40.0 Å². The molecule has 0 aliphatic heterocycles. The average Bonchev–Trinajstić information content (AvgIpc) is 4.07. The number of nitrogens with zero attached hydrogens (tertiary/aromatic N) is 5. The summed E-state index contributed by atoms with van der Waals surface area (Å²) in [5.41, 5.74) is 7.98. The lowest BCUT2D eigenvalue weighted by atomic mass is 9.88. The third-order valence-electron chi connectivity index (χ3n) is 12.0. The summed E-state index contributed by atoms with van der Waals surface area (Å²) in [6, 6.07) is 39.8. The van der Waals surface area contributed by atoms with Crippen LogP contribution in [-0.4, -0.2) is 28.2 Å². The number of aromatic nitrogens is 4. The molecule has 66 heavy (non-hydrogen) atoms. The lowest BCUT2D eigenvalue weighted by Gasteiger charge is -2.20. The summed E-state index contributed by atoms with van der Waals surface area (Å²) in [5.74, 6) is 1.86. The third kappa shape index (κ3) is 7.36. The normalized spacial score (nSPS) is 13.8. The minimum Gasteiger partial charge on any atom is -0.458 e. The summed E-state index contributed by atoms with van der Waals surface area (Å²) >= 11 is 0. The lowest BCUT2D eigenvalue weighted by Crippen LogP contribution is -2.31. The van der Waals surface area contributed by atoms with Crippen molar-refractivity contribution in [3.63, 3.8) is 0 Å². The number of rotatable bonds is 9. The number of hydrogen-bond acceptors (Lipinski definition) is 3. The molecule has 3 heterocycles. The van der Waals surface area contributed by atoms with Crippen LogP contribution in [0.25, 0.3) is 83.4 Å². The van der Waals surface area contributed by atoms with Gasteiger partial charge in [-0.1, -0.05) is 148 Å². The van der Waals surface area contributed by atoms with Gasteiger partial charge in [0, 0.05) is 42.8 Å². The molecule has 0 unspecified atom stereocenters. The maximum Gasteiger partial charge on any atom is 0.269 e. The fourth-order valence-electron chi connectivity index (χ4n) is 8.64. The van der Waals surface area contributed by atoms with E-state index in [-0.39, 0.29) is 33.4 Å². The lowest BCUT2D eigenvalue weighted by molar-refractivity contribution is -0.571. The van der Waals surface area contributed by atoms with Gasteiger partial charge in [-0.3, -0.25) is 13.7 Å². The van der Waals surface area contributed by atoms with Crippen molar-refractivity contribution >= 4 is 38.5 Å². The first kappa shape index (κ1) is 30.8. The van der Waals surface area contributed by atoms with E-state index in [2.05, 4.69) is 80.2 Å². The summed E-state index contributed by atoms with van der Waals surface area (Å²) in [4.78, 5) is 6.86. The second-order valence-electron chi connectivity index (χ2n) is 17.4. The fraction of sp³-hybridized carbons (Fsp3) is 0.100. The summed E-state index contributed by atoms with van der Waals surface area (Å²) in [5, 5.41) is 2.09. The standard InChI is InChI=1S/C60H49N5O/c1-60(2,3)45-33-34-61-58(36-45)65-54-31-27-44(41-17-9-6-10-18-41)35-53(54)52-30-29-49(39-56(52)65)66-48-24-15-23-47(37-48)63-40-64(55-32-28-46(62(4)5)38-57(55)63)59-50(42-19-11-7-12-20-42)25-16-26-51(59)43-21-13-8-14-22-43/h6-39H,1-5H3/i7D,8D,11D,12D,13D,14D,19D,20D,21D,22D. The molecule has 0 saturated heterocycles. The van der Waals surface area contributed by atoms with E-state index in [4.69, 9.17) is 23.4 Å². The van der Waals surface area contributed by atoms with Crippen molar-refractivity contribution < 1.29 is 23.0 Å². The van der Waals surface area contributed by atoms with E-state index < -0.39 is 60.4 Å². The second-order valence-corrected chi connectivity index (χ2v) is 17.4. The molecule has 0 aliphatic carbocycles. The molecule has 6 heteroatoms. The van der Waals surface area contributed by atoms with Crippen molar-refractivity contribution in [1.82, 2.24) is 14.1 Å². The number of fused-ring (bicyclic) bond motifs is 4. The van der Waals surface area contributed by atoms with Crippen LogP contribution in [0.15, 0.2) is 206 Å². The van der Waals surface area contributed by atoms with Gasteiger partial charge in [0.05, 0.1) is 47.1 Å². The van der Waals surface area contributed by atoms with Crippen LogP contribution >= 0.6 is 0 Å². The monoisotopic (exact) mass is 865 g/mol. The van der Waals surface area contributed by atoms with Gasteiger partial charge in [-0.05, 0) is 111 Å². The molecule has 6 nitrogen and oxygen atoms in total. The Kier molecular flexibility index (Phi) is 7.65. The Morgan fingerprint density at radius 3 is 2.02 bits per heavy atom. The molecule has 8 aromatic carbocycles. The Balaban J connectivity index is 1.10. The minimum atomic E-state index is -0.571. The Morgan fingerprint density at radius 1 is 0.591 bits per heavy atom. The van der Waals surface area contributed by atoms with Crippen LogP contribution in [0.4, 0.5) is 5.69 Å². The molecule has 0 N–H and O–H groups in total. The molecule has 0 amide bonds. The number of imidazole rings is 1. The maximum absolute atomic E-state index is 9.10. The molecule has 0 saturated carbocycles. The van der Waals surface area contributed by atoms with Gasteiger partial charge in [0.1, 0.15) is 17.3 Å². The number of benzene rings is 8. The van der Waals surface area contributed by atoms with Crippen molar-refractivity contribution in [2.75, 3.05) is 19.0 Å². The van der Waals surface area contributed by atoms with Crippen LogP contribution in [0.5, 0.6) is 11.5 Å². The molecular weight excluding hydrogens is 807 g/mol. The Morgan fingerprint density at radius 2 is 1.30 bits per heavy atom. The highest BCUT2D eigenvalue weighted by Gasteiger charge is 2.22. The number of anilines is 1. The van der Waals surface area contributed by atoms with E-state index in [1.165, 1.54) is 0 Å². The van der Waals surface area contributed by atoms with Gasteiger partial charge in [-0.25, -0.2) is 4.98 Å². The van der Waals surface area contributed by atoms with Crippen molar-refractivity contribution in [2.24, 2.45) is 0 Å². The zero-order valence-electron chi connectivity index (χ0n) is 47.0. The first-order valence-electron chi connectivity index (χ1n) is 26.7. The highest BCUT2D eigenvalue weighted by Crippen LogP contribution is 2.39. The predicted molar refractivity (Wildman–Crippen MR) is 272 cm³/mol. The quantitative estimate of drug-likeness (QED) is 0.107. The topological polar surface area (TPSA) is 39.1 Å². The Labute approximate surface area is 399 Å². The summed E-state index contributed by atoms with van der Waals surface area (Å²) in [6.45, 7) is 6.56. The molecule has 0 spiro atoms. The number of pyridine rings is 1. The molecule has 0 bridgehead atoms. The van der Waals surface area contributed by atoms with Gasteiger partial charge in [-0.15, -0.1) is 0 Å². The Bertz CT molecular complexity index is 4040. The SMILES string of the molecule is [2H]c1c([2H])c([2H])c(-c2cccc(-c3c([2H])c([2H])c([2H])c([2H])c3[2H])c2-[n+]2[c-]n(-c3cccc(Oc4ccc5c6cc(-c7ccccc7)ccc6n(-c6cc(C(C)(C)C)ccn6)c5c4)c3)c3cc(N(C)C)ccc32)c([2H])c1[2H].